The predicted molar refractivity (Wildman–Crippen MR) is 480 cm³/mol. The highest BCUT2D eigenvalue weighted by Crippen LogP contribution is 2.54. The molecule has 534 valence electrons. The number of nitrogens with zero attached hydrogens (tertiary/aromatic N) is 2. The van der Waals surface area contributed by atoms with E-state index in [2.05, 4.69) is 438 Å². The van der Waals surface area contributed by atoms with E-state index in [0.29, 0.717) is 0 Å². The third kappa shape index (κ3) is 11.1. The van der Waals surface area contributed by atoms with Crippen LogP contribution in [0.15, 0.2) is 409 Å². The van der Waals surface area contributed by atoms with E-state index >= 15 is 0 Å². The van der Waals surface area contributed by atoms with Crippen molar-refractivity contribution in [2.75, 3.05) is 9.80 Å². The second-order valence-electron chi connectivity index (χ2n) is 30.5. The quantitative estimate of drug-likeness (QED) is 0.0487. The van der Waals surface area contributed by atoms with Crippen LogP contribution in [-0.4, -0.2) is 16.1 Å². The minimum atomic E-state index is -2.90. The van der Waals surface area contributed by atoms with Gasteiger partial charge in [0.1, 0.15) is 11.2 Å². The maximum absolute atomic E-state index is 7.19. The van der Waals surface area contributed by atoms with Crippen molar-refractivity contribution in [3.8, 4) is 22.3 Å². The summed E-state index contributed by atoms with van der Waals surface area (Å²) in [7, 11) is -5.79. The molecule has 0 amide bonds. The molecule has 20 aromatic rings. The Hall–Kier alpha value is -13.4. The molecule has 0 saturated carbocycles. The third-order valence-corrected chi connectivity index (χ3v) is 33.2. The van der Waals surface area contributed by atoms with Crippen molar-refractivity contribution in [1.29, 1.82) is 0 Å². The first kappa shape index (κ1) is 67.9. The Labute approximate surface area is 655 Å². The number of anilines is 6. The molecular formula is C106H80N2O2Si2. The molecule has 6 heteroatoms. The molecule has 0 bridgehead atoms. The SMILES string of the molecule is CC(C)c1cc(N(c2cccc(-c3cccc([Si](c4ccccc4)(c4ccccc4)c4ccccc4)c3)c2)c2cccc3c2oc2ccccc23)c2ccc3c(C(C)C)cc(N(c4cccc(-c5cccc([Si](c6ccccc6)(c6ccccc6)c6ccccc6)c5)c4)c4cccc5c4oc4ccccc45)c4ccc1c2c34. The van der Waals surface area contributed by atoms with Gasteiger partial charge < -0.3 is 18.6 Å². The maximum Gasteiger partial charge on any atom is 0.179 e. The van der Waals surface area contributed by atoms with Gasteiger partial charge in [-0.25, -0.2) is 0 Å². The van der Waals surface area contributed by atoms with E-state index in [9.17, 15) is 0 Å². The second kappa shape index (κ2) is 27.9. The number of furan rings is 2. The van der Waals surface area contributed by atoms with Gasteiger partial charge in [-0.2, -0.15) is 0 Å². The number of benzene rings is 18. The summed E-state index contributed by atoms with van der Waals surface area (Å²) in [4.78, 5) is 5.02. The number of fused-ring (bicyclic) bond motifs is 6. The smallest absolute Gasteiger partial charge is 0.179 e. The lowest BCUT2D eigenvalue weighted by Gasteiger charge is -2.34. The topological polar surface area (TPSA) is 32.8 Å². The number of hydrogen-bond acceptors (Lipinski definition) is 4. The van der Waals surface area contributed by atoms with Crippen molar-refractivity contribution in [2.45, 2.75) is 39.5 Å². The summed E-state index contributed by atoms with van der Waals surface area (Å²) in [5.74, 6) is 0.274. The van der Waals surface area contributed by atoms with Crippen LogP contribution in [0.3, 0.4) is 0 Å². The lowest BCUT2D eigenvalue weighted by molar-refractivity contribution is 0.668. The molecule has 0 saturated heterocycles. The summed E-state index contributed by atoms with van der Waals surface area (Å²) >= 11 is 0. The van der Waals surface area contributed by atoms with Crippen molar-refractivity contribution in [3.63, 3.8) is 0 Å². The van der Waals surface area contributed by atoms with Crippen molar-refractivity contribution in [2.24, 2.45) is 0 Å². The molecule has 2 aromatic heterocycles. The van der Waals surface area contributed by atoms with E-state index in [1.54, 1.807) is 0 Å². The Bertz CT molecular complexity index is 6290. The van der Waals surface area contributed by atoms with Crippen molar-refractivity contribution >= 4 is 168 Å². The molecule has 4 nitrogen and oxygen atoms in total. The molecule has 0 radical (unpaired) electrons. The van der Waals surface area contributed by atoms with E-state index in [4.69, 9.17) is 8.83 Å². The molecule has 0 N–H and O–H groups in total. The highest BCUT2D eigenvalue weighted by atomic mass is 28.3. The molecule has 0 unspecified atom stereocenters. The zero-order valence-electron chi connectivity index (χ0n) is 63.0. The van der Waals surface area contributed by atoms with Crippen LogP contribution in [0, 0.1) is 0 Å². The zero-order chi connectivity index (χ0) is 75.0. The molecule has 0 aliphatic heterocycles. The summed E-state index contributed by atoms with van der Waals surface area (Å²) in [5, 5.41) is 22.2. The summed E-state index contributed by atoms with van der Waals surface area (Å²) in [6.07, 6.45) is 0. The van der Waals surface area contributed by atoms with Crippen LogP contribution in [0.2, 0.25) is 0 Å². The Balaban J connectivity index is 0.819. The van der Waals surface area contributed by atoms with Crippen LogP contribution in [0.4, 0.5) is 34.1 Å². The largest absolute Gasteiger partial charge is 0.454 e. The Kier molecular flexibility index (Phi) is 17.0. The molecule has 0 aliphatic carbocycles. The fourth-order valence-corrected chi connectivity index (χ4v) is 28.2. The first-order valence-electron chi connectivity index (χ1n) is 39.2. The lowest BCUT2D eigenvalue weighted by atomic mass is 9.84. The molecule has 0 fully saturated rings. The summed E-state index contributed by atoms with van der Waals surface area (Å²) in [5.41, 5.74) is 16.5. The highest BCUT2D eigenvalue weighted by Gasteiger charge is 2.43. The van der Waals surface area contributed by atoms with Gasteiger partial charge in [0.2, 0.25) is 0 Å². The van der Waals surface area contributed by atoms with Gasteiger partial charge in [-0.3, -0.25) is 0 Å². The van der Waals surface area contributed by atoms with Crippen LogP contribution in [-0.2, 0) is 0 Å². The van der Waals surface area contributed by atoms with Gasteiger partial charge in [0.25, 0.3) is 0 Å². The van der Waals surface area contributed by atoms with Gasteiger partial charge in [-0.15, -0.1) is 0 Å². The van der Waals surface area contributed by atoms with Crippen LogP contribution >= 0.6 is 0 Å². The molecule has 0 spiro atoms. The molecular weight excluding hydrogens is 1390 g/mol. The van der Waals surface area contributed by atoms with E-state index in [-0.39, 0.29) is 11.8 Å². The van der Waals surface area contributed by atoms with Gasteiger partial charge in [0.05, 0.1) is 22.7 Å². The molecule has 18 aromatic carbocycles. The van der Waals surface area contributed by atoms with E-state index in [1.165, 1.54) is 74.2 Å². The fraction of sp³-hybridized carbons (Fsp3) is 0.0566. The van der Waals surface area contributed by atoms with Crippen molar-refractivity contribution < 1.29 is 8.83 Å². The first-order valence-corrected chi connectivity index (χ1v) is 43.2. The maximum atomic E-state index is 7.19. The van der Waals surface area contributed by atoms with Gasteiger partial charge in [0, 0.05) is 43.7 Å². The molecule has 112 heavy (non-hydrogen) atoms. The van der Waals surface area contributed by atoms with E-state index < -0.39 is 16.1 Å². The van der Waals surface area contributed by atoms with E-state index in [0.717, 1.165) is 111 Å². The average Bonchev–Trinajstić information content (AvgIpc) is 0.710. The summed E-state index contributed by atoms with van der Waals surface area (Å²) < 4.78 is 14.4. The Morgan fingerprint density at radius 1 is 0.214 bits per heavy atom. The monoisotopic (exact) mass is 1470 g/mol. The van der Waals surface area contributed by atoms with Crippen LogP contribution in [0.5, 0.6) is 0 Å². The molecule has 2 heterocycles. The van der Waals surface area contributed by atoms with Gasteiger partial charge in [-0.05, 0) is 169 Å². The fourth-order valence-electron chi connectivity index (χ4n) is 18.6. The Morgan fingerprint density at radius 3 is 0.830 bits per heavy atom. The van der Waals surface area contributed by atoms with Gasteiger partial charge >= 0.3 is 0 Å². The highest BCUT2D eigenvalue weighted by molar-refractivity contribution is 7.20. The number of para-hydroxylation sites is 4. The summed E-state index contributed by atoms with van der Waals surface area (Å²) in [6.45, 7) is 9.42. The van der Waals surface area contributed by atoms with Gasteiger partial charge in [0.15, 0.2) is 27.3 Å². The minimum absolute atomic E-state index is 0.137. The van der Waals surface area contributed by atoms with Crippen molar-refractivity contribution in [1.82, 2.24) is 0 Å². The minimum Gasteiger partial charge on any atom is -0.454 e. The molecule has 20 rings (SSSR count). The van der Waals surface area contributed by atoms with E-state index in [1.807, 2.05) is 0 Å². The zero-order valence-corrected chi connectivity index (χ0v) is 65.0. The second-order valence-corrected chi connectivity index (χ2v) is 38.1. The third-order valence-electron chi connectivity index (χ3n) is 23.6. The Morgan fingerprint density at radius 2 is 0.491 bits per heavy atom. The van der Waals surface area contributed by atoms with Crippen molar-refractivity contribution in [3.05, 3.63) is 412 Å². The van der Waals surface area contributed by atoms with Crippen LogP contribution in [0.25, 0.3) is 98.4 Å². The normalized spacial score (nSPS) is 12.1. The lowest BCUT2D eigenvalue weighted by Crippen LogP contribution is -2.74. The van der Waals surface area contributed by atoms with Gasteiger partial charge in [-0.1, -0.05) is 367 Å². The predicted octanol–water partition coefficient (Wildman–Crippen LogP) is 23.7. The summed E-state index contributed by atoms with van der Waals surface area (Å²) in [6, 6.07) is 150. The van der Waals surface area contributed by atoms with Crippen LogP contribution in [0.1, 0.15) is 50.7 Å². The number of hydrogen-bond donors (Lipinski definition) is 0. The number of rotatable bonds is 18. The first-order chi connectivity index (χ1) is 55.2. The molecule has 0 atom stereocenters. The standard InChI is InChI=1S/C106H80N2O2Si2/c1-71(2)95-69-99(107(97-57-31-55-91-87-53-23-25-59-101(87)109-105(91)97)77-37-27-33-73(65-77)75-35-29-51-85(67-75)111(79-39-11-5-12-40-79,80-41-13-6-14-42-80)81-43-15-7-16-44-81)93-64-62-90-96(72(3)4)70-100(94-63-61-89(95)103(93)104(90)94)108(98-58-32-56-92-88-54-24-26-60-102(88)110-106(92)98)78-38-28-34-74(66-78)76-36-30-52-86(68-76)112(82-45-17-8-18-46-82,83-47-19-9-20-48-83)84-49-21-10-22-50-84/h5-72H,1-4H3. The average molecular weight is 1470 g/mol. The molecule has 0 aliphatic rings. The van der Waals surface area contributed by atoms with Crippen LogP contribution < -0.4 is 51.3 Å².